The van der Waals surface area contributed by atoms with Crippen LogP contribution in [-0.4, -0.2) is 16.7 Å². The first-order chi connectivity index (χ1) is 7.07. The molecule has 1 aromatic rings. The van der Waals surface area contributed by atoms with Crippen molar-refractivity contribution in [3.8, 4) is 0 Å². The Morgan fingerprint density at radius 2 is 2.53 bits per heavy atom. The second-order valence-corrected chi connectivity index (χ2v) is 5.60. The first kappa shape index (κ1) is 11.0. The molecule has 2 rings (SSSR count). The molecule has 2 unspecified atom stereocenters. The van der Waals surface area contributed by atoms with Crippen molar-refractivity contribution in [2.24, 2.45) is 5.73 Å². The molecule has 0 spiro atoms. The van der Waals surface area contributed by atoms with Gasteiger partial charge in [-0.25, -0.2) is 9.37 Å². The van der Waals surface area contributed by atoms with Crippen LogP contribution in [0.3, 0.4) is 0 Å². The summed E-state index contributed by atoms with van der Waals surface area (Å²) in [6.07, 6.45) is 3.43. The van der Waals surface area contributed by atoms with E-state index in [0.717, 1.165) is 23.5 Å². The SMILES string of the molecule is Cc1nc(CC2(F)CCCC(N)C2)cs1. The number of nitrogens with zero attached hydrogens (tertiary/aromatic N) is 1. The van der Waals surface area contributed by atoms with Crippen molar-refractivity contribution < 1.29 is 4.39 Å². The first-order valence-electron chi connectivity index (χ1n) is 5.43. The maximum atomic E-state index is 14.4. The van der Waals surface area contributed by atoms with E-state index in [0.29, 0.717) is 19.3 Å². The van der Waals surface area contributed by atoms with E-state index >= 15 is 0 Å². The monoisotopic (exact) mass is 228 g/mol. The lowest BCUT2D eigenvalue weighted by Gasteiger charge is -2.32. The van der Waals surface area contributed by atoms with Gasteiger partial charge in [-0.1, -0.05) is 0 Å². The highest BCUT2D eigenvalue weighted by molar-refractivity contribution is 7.09. The molecule has 0 amide bonds. The van der Waals surface area contributed by atoms with E-state index in [1.807, 2.05) is 12.3 Å². The summed E-state index contributed by atoms with van der Waals surface area (Å²) in [5.41, 5.74) is 5.58. The van der Waals surface area contributed by atoms with Crippen molar-refractivity contribution in [1.82, 2.24) is 4.98 Å². The Labute approximate surface area is 93.7 Å². The Hall–Kier alpha value is -0.480. The fraction of sp³-hybridized carbons (Fsp3) is 0.727. The number of hydrogen-bond acceptors (Lipinski definition) is 3. The highest BCUT2D eigenvalue weighted by Crippen LogP contribution is 2.34. The predicted molar refractivity (Wildman–Crippen MR) is 60.8 cm³/mol. The van der Waals surface area contributed by atoms with E-state index in [9.17, 15) is 4.39 Å². The molecule has 2 N–H and O–H groups in total. The largest absolute Gasteiger partial charge is 0.328 e. The minimum Gasteiger partial charge on any atom is -0.328 e. The number of rotatable bonds is 2. The standard InChI is InChI=1S/C11H17FN2S/c1-8-14-10(7-15-8)6-11(12)4-2-3-9(13)5-11/h7,9H,2-6,13H2,1H3. The van der Waals surface area contributed by atoms with Crippen LogP contribution < -0.4 is 5.73 Å². The molecular formula is C11H17FN2S. The van der Waals surface area contributed by atoms with Crippen molar-refractivity contribution in [2.75, 3.05) is 0 Å². The van der Waals surface area contributed by atoms with Crippen LogP contribution in [0.2, 0.25) is 0 Å². The topological polar surface area (TPSA) is 38.9 Å². The Morgan fingerprint density at radius 1 is 1.73 bits per heavy atom. The van der Waals surface area contributed by atoms with Crippen molar-refractivity contribution in [2.45, 2.75) is 50.7 Å². The molecule has 84 valence electrons. The van der Waals surface area contributed by atoms with Gasteiger partial charge in [0.15, 0.2) is 0 Å². The van der Waals surface area contributed by atoms with Crippen LogP contribution in [0, 0.1) is 6.92 Å². The van der Waals surface area contributed by atoms with E-state index in [1.54, 1.807) is 11.3 Å². The van der Waals surface area contributed by atoms with E-state index in [2.05, 4.69) is 4.98 Å². The number of aromatic nitrogens is 1. The van der Waals surface area contributed by atoms with Crippen LogP contribution >= 0.6 is 11.3 Å². The average Bonchev–Trinajstić information content (AvgIpc) is 2.49. The molecule has 15 heavy (non-hydrogen) atoms. The minimum atomic E-state index is -1.11. The molecular weight excluding hydrogens is 211 g/mol. The molecule has 0 saturated heterocycles. The number of alkyl halides is 1. The average molecular weight is 228 g/mol. The van der Waals surface area contributed by atoms with Gasteiger partial charge in [0.25, 0.3) is 0 Å². The van der Waals surface area contributed by atoms with Crippen molar-refractivity contribution >= 4 is 11.3 Å². The Bertz CT molecular complexity index is 339. The summed E-state index contributed by atoms with van der Waals surface area (Å²) in [4.78, 5) is 4.31. The summed E-state index contributed by atoms with van der Waals surface area (Å²) in [6, 6.07) is 0.0310. The molecule has 0 radical (unpaired) electrons. The molecule has 4 heteroatoms. The van der Waals surface area contributed by atoms with Gasteiger partial charge in [0.2, 0.25) is 0 Å². The fourth-order valence-corrected chi connectivity index (χ4v) is 2.94. The molecule has 1 fully saturated rings. The molecule has 1 aliphatic rings. The normalized spacial score (nSPS) is 31.8. The number of aryl methyl sites for hydroxylation is 1. The van der Waals surface area contributed by atoms with Crippen molar-refractivity contribution in [3.63, 3.8) is 0 Å². The van der Waals surface area contributed by atoms with Gasteiger partial charge in [0.05, 0.1) is 10.7 Å². The molecule has 2 atom stereocenters. The molecule has 2 nitrogen and oxygen atoms in total. The van der Waals surface area contributed by atoms with Gasteiger partial charge in [-0.3, -0.25) is 0 Å². The summed E-state index contributed by atoms with van der Waals surface area (Å²) < 4.78 is 14.4. The predicted octanol–water partition coefficient (Wildman–Crippen LogP) is 2.60. The molecule has 1 heterocycles. The number of hydrogen-bond donors (Lipinski definition) is 1. The van der Waals surface area contributed by atoms with Crippen LogP contribution in [0.15, 0.2) is 5.38 Å². The lowest BCUT2D eigenvalue weighted by Crippen LogP contribution is -2.39. The van der Waals surface area contributed by atoms with Gasteiger partial charge in [-0.2, -0.15) is 0 Å². The lowest BCUT2D eigenvalue weighted by molar-refractivity contribution is 0.0955. The zero-order valence-electron chi connectivity index (χ0n) is 9.00. The summed E-state index contributed by atoms with van der Waals surface area (Å²) in [6.45, 7) is 1.95. The molecule has 1 saturated carbocycles. The summed E-state index contributed by atoms with van der Waals surface area (Å²) in [5.74, 6) is 0. The zero-order valence-corrected chi connectivity index (χ0v) is 9.82. The van der Waals surface area contributed by atoms with Gasteiger partial charge in [-0.05, 0) is 32.6 Å². The number of halogens is 1. The molecule has 0 aliphatic heterocycles. The van der Waals surface area contributed by atoms with Crippen LogP contribution in [0.5, 0.6) is 0 Å². The Balaban J connectivity index is 2.03. The minimum absolute atomic E-state index is 0.0310. The fourth-order valence-electron chi connectivity index (χ4n) is 2.33. The van der Waals surface area contributed by atoms with E-state index < -0.39 is 5.67 Å². The van der Waals surface area contributed by atoms with E-state index in [-0.39, 0.29) is 6.04 Å². The van der Waals surface area contributed by atoms with Crippen LogP contribution in [0.1, 0.15) is 36.4 Å². The molecule has 0 bridgehead atoms. The number of thiazole rings is 1. The molecule has 1 aromatic heterocycles. The lowest BCUT2D eigenvalue weighted by atomic mass is 9.81. The third kappa shape index (κ3) is 2.75. The number of nitrogens with two attached hydrogens (primary N) is 1. The van der Waals surface area contributed by atoms with Crippen LogP contribution in [0.4, 0.5) is 4.39 Å². The summed E-state index contributed by atoms with van der Waals surface area (Å²) in [5, 5.41) is 2.96. The van der Waals surface area contributed by atoms with Gasteiger partial charge in [0, 0.05) is 17.8 Å². The molecule has 0 aromatic carbocycles. The van der Waals surface area contributed by atoms with Gasteiger partial charge < -0.3 is 5.73 Å². The second kappa shape index (κ2) is 4.18. The van der Waals surface area contributed by atoms with Gasteiger partial charge in [-0.15, -0.1) is 11.3 Å². The molecule has 1 aliphatic carbocycles. The third-order valence-corrected chi connectivity index (χ3v) is 3.81. The van der Waals surface area contributed by atoms with Gasteiger partial charge >= 0.3 is 0 Å². The van der Waals surface area contributed by atoms with Crippen LogP contribution in [0.25, 0.3) is 0 Å². The maximum Gasteiger partial charge on any atom is 0.118 e. The van der Waals surface area contributed by atoms with Crippen LogP contribution in [-0.2, 0) is 6.42 Å². The summed E-state index contributed by atoms with van der Waals surface area (Å²) in [7, 11) is 0. The zero-order chi connectivity index (χ0) is 10.9. The van der Waals surface area contributed by atoms with Crippen molar-refractivity contribution in [1.29, 1.82) is 0 Å². The van der Waals surface area contributed by atoms with E-state index in [4.69, 9.17) is 5.73 Å². The van der Waals surface area contributed by atoms with Crippen molar-refractivity contribution in [3.05, 3.63) is 16.1 Å². The second-order valence-electron chi connectivity index (χ2n) is 4.54. The van der Waals surface area contributed by atoms with E-state index in [1.165, 1.54) is 0 Å². The quantitative estimate of drug-likeness (QED) is 0.845. The highest BCUT2D eigenvalue weighted by Gasteiger charge is 2.35. The first-order valence-corrected chi connectivity index (χ1v) is 6.31. The maximum absolute atomic E-state index is 14.4. The highest BCUT2D eigenvalue weighted by atomic mass is 32.1. The smallest absolute Gasteiger partial charge is 0.118 e. The summed E-state index contributed by atoms with van der Waals surface area (Å²) >= 11 is 1.58. The Morgan fingerprint density at radius 3 is 3.13 bits per heavy atom. The van der Waals surface area contributed by atoms with Gasteiger partial charge in [0.1, 0.15) is 5.67 Å². The Kier molecular flexibility index (Phi) is 3.07. The third-order valence-electron chi connectivity index (χ3n) is 2.99.